The van der Waals surface area contributed by atoms with E-state index in [1.807, 2.05) is 23.7 Å². The zero-order chi connectivity index (χ0) is 15.0. The summed E-state index contributed by atoms with van der Waals surface area (Å²) in [6.45, 7) is 3.70. The van der Waals surface area contributed by atoms with Crippen LogP contribution in [0.25, 0.3) is 0 Å². The van der Waals surface area contributed by atoms with Gasteiger partial charge in [-0.05, 0) is 31.3 Å². The van der Waals surface area contributed by atoms with Crippen LogP contribution in [0.15, 0.2) is 0 Å². The van der Waals surface area contributed by atoms with Crippen molar-refractivity contribution in [2.45, 2.75) is 26.2 Å². The lowest BCUT2D eigenvalue weighted by atomic mass is 10.3. The Bertz CT molecular complexity index is 423. The number of nitrogens with two attached hydrogens (primary N) is 1. The molecule has 0 aromatic carbocycles. The van der Waals surface area contributed by atoms with Crippen molar-refractivity contribution in [1.82, 2.24) is 10.3 Å². The molecule has 114 valence electrons. The first-order valence-corrected chi connectivity index (χ1v) is 9.05. The number of thiazole rings is 1. The number of rotatable bonds is 9. The smallest absolute Gasteiger partial charge is 0.265 e. The number of carbonyl (C=O) groups excluding carboxylic acids is 1. The van der Waals surface area contributed by atoms with Gasteiger partial charge in [0.2, 0.25) is 0 Å². The quantitative estimate of drug-likeness (QED) is 0.685. The van der Waals surface area contributed by atoms with Crippen molar-refractivity contribution in [2.24, 2.45) is 0 Å². The number of hydrogen-bond donors (Lipinski definition) is 2. The molecule has 0 aliphatic rings. The highest BCUT2D eigenvalue weighted by atomic mass is 32.2. The van der Waals surface area contributed by atoms with Crippen molar-refractivity contribution in [1.29, 1.82) is 0 Å². The normalized spacial score (nSPS) is 10.6. The van der Waals surface area contributed by atoms with Crippen molar-refractivity contribution in [3.8, 4) is 0 Å². The molecular formula is C13H24N4OS2. The highest BCUT2D eigenvalue weighted by molar-refractivity contribution is 7.98. The molecule has 3 N–H and O–H groups in total. The number of anilines is 2. The summed E-state index contributed by atoms with van der Waals surface area (Å²) in [5.41, 5.74) is 5.84. The summed E-state index contributed by atoms with van der Waals surface area (Å²) in [7, 11) is 1.96. The van der Waals surface area contributed by atoms with E-state index in [0.29, 0.717) is 17.2 Å². The molecule has 0 atom stereocenters. The van der Waals surface area contributed by atoms with E-state index < -0.39 is 0 Å². The van der Waals surface area contributed by atoms with Gasteiger partial charge in [0, 0.05) is 20.1 Å². The number of nitrogen functional groups attached to an aromatic ring is 1. The van der Waals surface area contributed by atoms with E-state index in [-0.39, 0.29) is 5.91 Å². The molecule has 20 heavy (non-hydrogen) atoms. The molecule has 0 aliphatic carbocycles. The van der Waals surface area contributed by atoms with Gasteiger partial charge in [-0.25, -0.2) is 4.98 Å². The van der Waals surface area contributed by atoms with Gasteiger partial charge in [0.1, 0.15) is 10.7 Å². The SMILES string of the molecule is CCCN(C)c1nc(N)c(C(=O)NCCCCSC)s1. The first-order chi connectivity index (χ1) is 9.60. The number of nitrogens with one attached hydrogen (secondary N) is 1. The molecule has 0 unspecified atom stereocenters. The van der Waals surface area contributed by atoms with Crippen molar-refractivity contribution < 1.29 is 4.79 Å². The van der Waals surface area contributed by atoms with Crippen molar-refractivity contribution in [3.05, 3.63) is 4.88 Å². The standard InChI is InChI=1S/C13H24N4OS2/c1-4-8-17(2)13-16-11(14)10(20-13)12(18)15-7-5-6-9-19-3/h4-9,14H2,1-3H3,(H,15,18). The Morgan fingerprint density at radius 3 is 2.90 bits per heavy atom. The number of aromatic nitrogens is 1. The number of unbranched alkanes of at least 4 members (excludes halogenated alkanes) is 1. The molecule has 0 bridgehead atoms. The third-order valence-corrected chi connectivity index (χ3v) is 4.68. The van der Waals surface area contributed by atoms with E-state index in [1.165, 1.54) is 11.3 Å². The number of hydrogen-bond acceptors (Lipinski definition) is 6. The van der Waals surface area contributed by atoms with Gasteiger partial charge in [0.25, 0.3) is 5.91 Å². The summed E-state index contributed by atoms with van der Waals surface area (Å²) in [5, 5.41) is 3.71. The Morgan fingerprint density at radius 2 is 2.25 bits per heavy atom. The van der Waals surface area contributed by atoms with Crippen LogP contribution in [0.5, 0.6) is 0 Å². The molecule has 1 aromatic rings. The van der Waals surface area contributed by atoms with Crippen LogP contribution in [-0.2, 0) is 0 Å². The maximum atomic E-state index is 12.0. The van der Waals surface area contributed by atoms with Crippen molar-refractivity contribution in [2.75, 3.05) is 42.8 Å². The number of amides is 1. The van der Waals surface area contributed by atoms with Crippen LogP contribution < -0.4 is 16.0 Å². The Hall–Kier alpha value is -0.950. The second-order valence-electron chi connectivity index (χ2n) is 4.59. The Labute approximate surface area is 129 Å². The molecule has 0 saturated heterocycles. The molecule has 0 fully saturated rings. The Balaban J connectivity index is 2.51. The maximum Gasteiger partial charge on any atom is 0.265 e. The van der Waals surface area contributed by atoms with E-state index in [4.69, 9.17) is 5.73 Å². The lowest BCUT2D eigenvalue weighted by Gasteiger charge is -2.13. The molecule has 1 amide bonds. The van der Waals surface area contributed by atoms with Crippen LogP contribution in [0.3, 0.4) is 0 Å². The van der Waals surface area contributed by atoms with Gasteiger partial charge in [0.05, 0.1) is 0 Å². The summed E-state index contributed by atoms with van der Waals surface area (Å²) in [6, 6.07) is 0. The van der Waals surface area contributed by atoms with Crippen LogP contribution >= 0.6 is 23.1 Å². The second kappa shape index (κ2) is 9.07. The summed E-state index contributed by atoms with van der Waals surface area (Å²) < 4.78 is 0. The molecule has 1 aromatic heterocycles. The van der Waals surface area contributed by atoms with Gasteiger partial charge in [0.15, 0.2) is 5.13 Å². The first kappa shape index (κ1) is 17.1. The topological polar surface area (TPSA) is 71.2 Å². The summed E-state index contributed by atoms with van der Waals surface area (Å²) >= 11 is 3.18. The van der Waals surface area contributed by atoms with Gasteiger partial charge < -0.3 is 16.0 Å². The minimum absolute atomic E-state index is 0.111. The lowest BCUT2D eigenvalue weighted by molar-refractivity contribution is 0.0958. The van der Waals surface area contributed by atoms with E-state index in [1.54, 1.807) is 0 Å². The van der Waals surface area contributed by atoms with Crippen molar-refractivity contribution >= 4 is 40.0 Å². The third kappa shape index (κ3) is 5.20. The minimum atomic E-state index is -0.111. The predicted molar refractivity (Wildman–Crippen MR) is 90.0 cm³/mol. The molecule has 0 saturated carbocycles. The zero-order valence-corrected chi connectivity index (χ0v) is 14.1. The Kier molecular flexibility index (Phi) is 7.76. The molecule has 0 radical (unpaired) electrons. The number of thioether (sulfide) groups is 1. The van der Waals surface area contributed by atoms with Crippen LogP contribution in [0.2, 0.25) is 0 Å². The number of nitrogens with zero attached hydrogens (tertiary/aromatic N) is 2. The zero-order valence-electron chi connectivity index (χ0n) is 12.4. The largest absolute Gasteiger partial charge is 0.382 e. The summed E-state index contributed by atoms with van der Waals surface area (Å²) in [6.07, 6.45) is 5.23. The second-order valence-corrected chi connectivity index (χ2v) is 6.55. The van der Waals surface area contributed by atoms with Crippen LogP contribution in [-0.4, -0.2) is 43.0 Å². The molecule has 0 spiro atoms. The van der Waals surface area contributed by atoms with Gasteiger partial charge in [-0.15, -0.1) is 0 Å². The van der Waals surface area contributed by atoms with Crippen LogP contribution in [0.1, 0.15) is 35.9 Å². The average Bonchev–Trinajstić information content (AvgIpc) is 2.81. The van der Waals surface area contributed by atoms with E-state index >= 15 is 0 Å². The Morgan fingerprint density at radius 1 is 1.50 bits per heavy atom. The van der Waals surface area contributed by atoms with E-state index in [9.17, 15) is 4.79 Å². The fraction of sp³-hybridized carbons (Fsp3) is 0.692. The molecule has 7 heteroatoms. The maximum absolute atomic E-state index is 12.0. The lowest BCUT2D eigenvalue weighted by Crippen LogP contribution is -2.24. The van der Waals surface area contributed by atoms with Gasteiger partial charge in [-0.3, -0.25) is 4.79 Å². The average molecular weight is 316 g/mol. The van der Waals surface area contributed by atoms with Gasteiger partial charge >= 0.3 is 0 Å². The summed E-state index contributed by atoms with van der Waals surface area (Å²) in [5.74, 6) is 1.35. The van der Waals surface area contributed by atoms with E-state index in [2.05, 4.69) is 23.5 Å². The van der Waals surface area contributed by atoms with Crippen LogP contribution in [0, 0.1) is 0 Å². The van der Waals surface area contributed by atoms with E-state index in [0.717, 1.165) is 36.7 Å². The number of carbonyl (C=O) groups is 1. The fourth-order valence-electron chi connectivity index (χ4n) is 1.73. The molecule has 0 aliphatic heterocycles. The van der Waals surface area contributed by atoms with Gasteiger partial charge in [-0.1, -0.05) is 18.3 Å². The molecule has 1 heterocycles. The monoisotopic (exact) mass is 316 g/mol. The summed E-state index contributed by atoms with van der Waals surface area (Å²) in [4.78, 5) is 18.9. The van der Waals surface area contributed by atoms with Crippen LogP contribution in [0.4, 0.5) is 10.9 Å². The molecule has 1 rings (SSSR count). The fourth-order valence-corrected chi connectivity index (χ4v) is 3.11. The minimum Gasteiger partial charge on any atom is -0.382 e. The van der Waals surface area contributed by atoms with Gasteiger partial charge in [-0.2, -0.15) is 11.8 Å². The highest BCUT2D eigenvalue weighted by Crippen LogP contribution is 2.27. The third-order valence-electron chi connectivity index (χ3n) is 2.79. The first-order valence-electron chi connectivity index (χ1n) is 6.84. The molecular weight excluding hydrogens is 292 g/mol. The predicted octanol–water partition coefficient (Wildman–Crippen LogP) is 2.44. The van der Waals surface area contributed by atoms with Crippen molar-refractivity contribution in [3.63, 3.8) is 0 Å². The highest BCUT2D eigenvalue weighted by Gasteiger charge is 2.17. The molecule has 5 nitrogen and oxygen atoms in total.